The van der Waals surface area contributed by atoms with Gasteiger partial charge in [0.2, 0.25) is 0 Å². The van der Waals surface area contributed by atoms with Crippen LogP contribution in [0.2, 0.25) is 0 Å². The monoisotopic (exact) mass is 383 g/mol. The molecule has 0 bridgehead atoms. The van der Waals surface area contributed by atoms with Crippen LogP contribution in [0.5, 0.6) is 5.75 Å². The number of rotatable bonds is 5. The van der Waals surface area contributed by atoms with E-state index in [1.807, 2.05) is 13.0 Å². The predicted molar refractivity (Wildman–Crippen MR) is 92.6 cm³/mol. The van der Waals surface area contributed by atoms with Crippen molar-refractivity contribution in [3.8, 4) is 17.0 Å². The minimum Gasteiger partial charge on any atom is -0.507 e. The zero-order valence-electron chi connectivity index (χ0n) is 15.0. The van der Waals surface area contributed by atoms with E-state index >= 15 is 0 Å². The van der Waals surface area contributed by atoms with Gasteiger partial charge in [-0.05, 0) is 41.6 Å². The molecule has 1 aromatic heterocycles. The molecule has 0 amide bonds. The highest BCUT2D eigenvalue weighted by molar-refractivity contribution is 5.72. The van der Waals surface area contributed by atoms with E-state index in [0.29, 0.717) is 17.7 Å². The maximum Gasteiger partial charge on any atom is 0.267 e. The van der Waals surface area contributed by atoms with Gasteiger partial charge in [0.05, 0.1) is 17.9 Å². The second-order valence-electron chi connectivity index (χ2n) is 6.50. The molecule has 0 aliphatic carbocycles. The molecule has 1 aromatic carbocycles. The summed E-state index contributed by atoms with van der Waals surface area (Å²) in [4.78, 5) is 5.17. The molecule has 1 aliphatic heterocycles. The Morgan fingerprint density at radius 2 is 2.07 bits per heavy atom. The number of morpholine rings is 1. The molecule has 2 heterocycles. The van der Waals surface area contributed by atoms with Crippen molar-refractivity contribution in [2.24, 2.45) is 0 Å². The Kier molecular flexibility index (Phi) is 5.81. The van der Waals surface area contributed by atoms with Crippen LogP contribution >= 0.6 is 0 Å². The molecule has 9 heteroatoms. The molecule has 1 aliphatic rings. The molecule has 1 saturated heterocycles. The number of alkyl halides is 2. The van der Waals surface area contributed by atoms with Gasteiger partial charge in [-0.1, -0.05) is 6.07 Å². The van der Waals surface area contributed by atoms with Crippen LogP contribution in [0.3, 0.4) is 0 Å². The number of nitrogens with zero attached hydrogens (tertiary/aromatic N) is 3. The van der Waals surface area contributed by atoms with Gasteiger partial charge >= 0.3 is 0 Å². The number of phenolic OH excluding ortho intramolecular Hbond substituents is 1. The number of hydrogen-bond acceptors (Lipinski definition) is 6. The third-order valence-electron chi connectivity index (χ3n) is 4.44. The van der Waals surface area contributed by atoms with Crippen LogP contribution in [-0.2, 0) is 9.68 Å². The Morgan fingerprint density at radius 3 is 2.74 bits per heavy atom. The highest BCUT2D eigenvalue weighted by Crippen LogP contribution is 2.36. The van der Waals surface area contributed by atoms with Crippen molar-refractivity contribution in [1.29, 1.82) is 0 Å². The van der Waals surface area contributed by atoms with Crippen molar-refractivity contribution in [3.63, 3.8) is 0 Å². The van der Waals surface area contributed by atoms with E-state index in [1.54, 1.807) is 17.9 Å². The highest BCUT2D eigenvalue weighted by atomic mass is 19.3. The summed E-state index contributed by atoms with van der Waals surface area (Å²) < 4.78 is 44.9. The standard InChI is InChI=1S/C18H20F3N3O3/c1-10-5-11(2)16(15(25)6-10)14-7-13(17(19)20)18(23-22-14)24-3-4-26-12(8-24)9-27-21/h5-7,12,17,25H,3-4,8-9H2,1-2H3. The van der Waals surface area contributed by atoms with Crippen LogP contribution < -0.4 is 4.90 Å². The smallest absolute Gasteiger partial charge is 0.267 e. The Bertz CT molecular complexity index is 795. The van der Waals surface area contributed by atoms with Crippen LogP contribution in [0.1, 0.15) is 23.1 Å². The summed E-state index contributed by atoms with van der Waals surface area (Å²) >= 11 is 0. The molecular formula is C18H20F3N3O3. The maximum atomic E-state index is 13.7. The van der Waals surface area contributed by atoms with Gasteiger partial charge in [-0.3, -0.25) is 0 Å². The summed E-state index contributed by atoms with van der Waals surface area (Å²) in [6, 6.07) is 4.61. The van der Waals surface area contributed by atoms with Crippen molar-refractivity contribution in [2.75, 3.05) is 31.2 Å². The average molecular weight is 383 g/mol. The number of ether oxygens (including phenoxy) is 1. The van der Waals surface area contributed by atoms with E-state index in [9.17, 15) is 18.4 Å². The first-order valence-corrected chi connectivity index (χ1v) is 8.47. The van der Waals surface area contributed by atoms with Crippen LogP contribution in [0.4, 0.5) is 19.1 Å². The molecule has 3 rings (SSSR count). The normalized spacial score (nSPS) is 17.6. The lowest BCUT2D eigenvalue weighted by molar-refractivity contribution is -0.167. The quantitative estimate of drug-likeness (QED) is 0.852. The Labute approximate surface area is 154 Å². The number of anilines is 1. The third-order valence-corrected chi connectivity index (χ3v) is 4.44. The first-order valence-electron chi connectivity index (χ1n) is 8.47. The van der Waals surface area contributed by atoms with Crippen molar-refractivity contribution in [2.45, 2.75) is 26.4 Å². The lowest BCUT2D eigenvalue weighted by atomic mass is 10.0. The zero-order valence-corrected chi connectivity index (χ0v) is 15.0. The lowest BCUT2D eigenvalue weighted by Gasteiger charge is -2.33. The fraction of sp³-hybridized carbons (Fsp3) is 0.444. The van der Waals surface area contributed by atoms with E-state index < -0.39 is 12.5 Å². The van der Waals surface area contributed by atoms with Gasteiger partial charge in [-0.2, -0.15) is 4.94 Å². The molecule has 0 saturated carbocycles. The number of phenols is 1. The number of aromatic nitrogens is 2. The Morgan fingerprint density at radius 1 is 1.30 bits per heavy atom. The summed E-state index contributed by atoms with van der Waals surface area (Å²) in [6.07, 6.45) is -3.37. The van der Waals surface area contributed by atoms with Crippen LogP contribution in [0.25, 0.3) is 11.3 Å². The summed E-state index contributed by atoms with van der Waals surface area (Å²) in [6.45, 7) is 4.02. The number of aromatic hydroxyl groups is 1. The number of aryl methyl sites for hydroxylation is 2. The second-order valence-corrected chi connectivity index (χ2v) is 6.50. The Hall–Kier alpha value is -2.39. The molecule has 1 atom stereocenters. The van der Waals surface area contributed by atoms with E-state index in [0.717, 1.165) is 5.56 Å². The lowest BCUT2D eigenvalue weighted by Crippen LogP contribution is -2.45. The molecule has 146 valence electrons. The molecule has 27 heavy (non-hydrogen) atoms. The van der Waals surface area contributed by atoms with Gasteiger partial charge in [-0.15, -0.1) is 10.2 Å². The second kappa shape index (κ2) is 8.10. The van der Waals surface area contributed by atoms with Crippen molar-refractivity contribution in [3.05, 3.63) is 34.9 Å². The van der Waals surface area contributed by atoms with E-state index in [-0.39, 0.29) is 42.6 Å². The molecule has 2 aromatic rings. The van der Waals surface area contributed by atoms with E-state index in [2.05, 4.69) is 15.1 Å². The fourth-order valence-electron chi connectivity index (χ4n) is 3.29. The van der Waals surface area contributed by atoms with Gasteiger partial charge in [0.25, 0.3) is 6.43 Å². The molecule has 1 fully saturated rings. The summed E-state index contributed by atoms with van der Waals surface area (Å²) in [7, 11) is 0. The van der Waals surface area contributed by atoms with Crippen molar-refractivity contribution in [1.82, 2.24) is 10.2 Å². The molecular weight excluding hydrogens is 363 g/mol. The minimum absolute atomic E-state index is 0.0187. The van der Waals surface area contributed by atoms with Crippen LogP contribution in [0.15, 0.2) is 18.2 Å². The topological polar surface area (TPSA) is 67.7 Å². The predicted octanol–water partition coefficient (Wildman–Crippen LogP) is 3.51. The summed E-state index contributed by atoms with van der Waals surface area (Å²) in [5, 5.41) is 18.3. The SMILES string of the molecule is Cc1cc(C)c(-c2cc(C(F)F)c(N3CCOC(COF)C3)nn2)c(O)c1. The molecule has 1 N–H and O–H groups in total. The third kappa shape index (κ3) is 4.14. The van der Waals surface area contributed by atoms with Crippen LogP contribution in [0, 0.1) is 13.8 Å². The number of benzene rings is 1. The van der Waals surface area contributed by atoms with Gasteiger partial charge in [0.1, 0.15) is 18.5 Å². The summed E-state index contributed by atoms with van der Waals surface area (Å²) in [5.74, 6) is -0.0218. The maximum absolute atomic E-state index is 13.7. The van der Waals surface area contributed by atoms with Gasteiger partial charge in [-0.25, -0.2) is 8.78 Å². The van der Waals surface area contributed by atoms with Gasteiger partial charge in [0, 0.05) is 18.7 Å². The summed E-state index contributed by atoms with van der Waals surface area (Å²) in [5.41, 5.74) is 1.79. The number of hydrogen-bond donors (Lipinski definition) is 1. The fourth-order valence-corrected chi connectivity index (χ4v) is 3.29. The Balaban J connectivity index is 1.99. The van der Waals surface area contributed by atoms with Crippen LogP contribution in [-0.4, -0.2) is 47.7 Å². The molecule has 0 radical (unpaired) electrons. The zero-order chi connectivity index (χ0) is 19.6. The largest absolute Gasteiger partial charge is 0.507 e. The minimum atomic E-state index is -2.79. The molecule has 1 unspecified atom stereocenters. The van der Waals surface area contributed by atoms with E-state index in [4.69, 9.17) is 4.74 Å². The first-order chi connectivity index (χ1) is 12.9. The first kappa shape index (κ1) is 19.4. The highest BCUT2D eigenvalue weighted by Gasteiger charge is 2.27. The van der Waals surface area contributed by atoms with Gasteiger partial charge < -0.3 is 14.7 Å². The average Bonchev–Trinajstić information content (AvgIpc) is 2.61. The molecule has 6 nitrogen and oxygen atoms in total. The number of halogens is 3. The molecule has 0 spiro atoms. The van der Waals surface area contributed by atoms with Crippen molar-refractivity contribution >= 4 is 5.82 Å². The van der Waals surface area contributed by atoms with Gasteiger partial charge in [0.15, 0.2) is 5.82 Å². The van der Waals surface area contributed by atoms with E-state index in [1.165, 1.54) is 6.07 Å². The van der Waals surface area contributed by atoms with Crippen molar-refractivity contribution < 1.29 is 28.1 Å².